The molecule has 1 fully saturated rings. The van der Waals surface area contributed by atoms with Gasteiger partial charge < -0.3 is 14.4 Å². The number of hydrogen-bond donors (Lipinski definition) is 0. The quantitative estimate of drug-likeness (QED) is 0.443. The van der Waals surface area contributed by atoms with Crippen molar-refractivity contribution in [3.05, 3.63) is 35.9 Å². The number of rotatable bonds is 4. The molecule has 1 unspecified atom stereocenters. The largest absolute Gasteiger partial charge is 0.468 e. The maximum absolute atomic E-state index is 13.3. The van der Waals surface area contributed by atoms with Crippen LogP contribution in [0.25, 0.3) is 0 Å². The Kier molecular flexibility index (Phi) is 6.11. The van der Waals surface area contributed by atoms with E-state index < -0.39 is 34.9 Å². The average molecular weight is 390 g/mol. The number of ketones is 1. The highest BCUT2D eigenvalue weighted by Gasteiger charge is 2.54. The van der Waals surface area contributed by atoms with Crippen molar-refractivity contribution in [3.63, 3.8) is 0 Å². The van der Waals surface area contributed by atoms with E-state index in [2.05, 4.69) is 4.74 Å². The standard InChI is InChI=1S/C20H26N2O6/c1-19(2,3)28-18(26)22-12-11-21(13-15(23)27-5)17(25)20(22,4)16(24)14-9-7-6-8-10-14/h6-10H,11-13H2,1-5H3. The van der Waals surface area contributed by atoms with E-state index in [9.17, 15) is 19.2 Å². The van der Waals surface area contributed by atoms with Crippen molar-refractivity contribution in [2.75, 3.05) is 26.7 Å². The number of methoxy groups -OCH3 is 1. The molecule has 28 heavy (non-hydrogen) atoms. The Morgan fingerprint density at radius 2 is 1.71 bits per heavy atom. The molecule has 0 aromatic heterocycles. The molecule has 0 radical (unpaired) electrons. The third-order valence-electron chi connectivity index (χ3n) is 4.48. The van der Waals surface area contributed by atoms with E-state index in [0.717, 1.165) is 4.90 Å². The number of nitrogens with zero attached hydrogens (tertiary/aromatic N) is 2. The van der Waals surface area contributed by atoms with E-state index in [1.165, 1.54) is 18.9 Å². The monoisotopic (exact) mass is 390 g/mol. The summed E-state index contributed by atoms with van der Waals surface area (Å²) < 4.78 is 10.0. The van der Waals surface area contributed by atoms with Crippen LogP contribution in [0, 0.1) is 0 Å². The summed E-state index contributed by atoms with van der Waals surface area (Å²) in [6.07, 6.45) is -0.759. The zero-order valence-electron chi connectivity index (χ0n) is 16.9. The van der Waals surface area contributed by atoms with Crippen LogP contribution < -0.4 is 0 Å². The summed E-state index contributed by atoms with van der Waals surface area (Å²) in [7, 11) is 1.22. The topological polar surface area (TPSA) is 93.2 Å². The molecule has 2 rings (SSSR count). The number of carbonyl (C=O) groups is 4. The van der Waals surface area contributed by atoms with Gasteiger partial charge in [-0.25, -0.2) is 4.79 Å². The third-order valence-corrected chi connectivity index (χ3v) is 4.48. The second-order valence-electron chi connectivity index (χ2n) is 7.70. The first kappa shape index (κ1) is 21.4. The highest BCUT2D eigenvalue weighted by molar-refractivity contribution is 6.19. The van der Waals surface area contributed by atoms with Gasteiger partial charge in [0.05, 0.1) is 7.11 Å². The van der Waals surface area contributed by atoms with Crippen LogP contribution in [0.2, 0.25) is 0 Å². The number of Topliss-reactive ketones (excluding diaryl/α,β-unsaturated/α-hetero) is 1. The molecule has 8 heteroatoms. The van der Waals surface area contributed by atoms with Crippen molar-refractivity contribution < 1.29 is 28.7 Å². The SMILES string of the molecule is COC(=O)CN1CCN(C(=O)OC(C)(C)C)C(C)(C(=O)c2ccccc2)C1=O. The fourth-order valence-corrected chi connectivity index (χ4v) is 3.02. The summed E-state index contributed by atoms with van der Waals surface area (Å²) in [5.74, 6) is -1.80. The molecule has 2 amide bonds. The second-order valence-corrected chi connectivity index (χ2v) is 7.70. The summed E-state index contributed by atoms with van der Waals surface area (Å²) in [5.41, 5.74) is -2.34. The number of ether oxygens (including phenoxy) is 2. The van der Waals surface area contributed by atoms with Crippen molar-refractivity contribution in [3.8, 4) is 0 Å². The van der Waals surface area contributed by atoms with Crippen LogP contribution in [0.1, 0.15) is 38.1 Å². The first-order valence-corrected chi connectivity index (χ1v) is 8.97. The lowest BCUT2D eigenvalue weighted by Gasteiger charge is -2.46. The molecule has 1 aliphatic rings. The van der Waals surface area contributed by atoms with Crippen molar-refractivity contribution in [2.24, 2.45) is 0 Å². The number of hydrogen-bond acceptors (Lipinski definition) is 6. The Balaban J connectivity index is 2.45. The van der Waals surface area contributed by atoms with Gasteiger partial charge in [-0.2, -0.15) is 0 Å². The van der Waals surface area contributed by atoms with Gasteiger partial charge in [-0.3, -0.25) is 19.3 Å². The minimum absolute atomic E-state index is 0.0483. The molecular weight excluding hydrogens is 364 g/mol. The normalized spacial score (nSPS) is 20.0. The van der Waals surface area contributed by atoms with E-state index in [1.54, 1.807) is 51.1 Å². The fraction of sp³-hybridized carbons (Fsp3) is 0.500. The van der Waals surface area contributed by atoms with Gasteiger partial charge in [-0.1, -0.05) is 30.3 Å². The number of amides is 2. The lowest BCUT2D eigenvalue weighted by atomic mass is 9.86. The molecule has 152 valence electrons. The number of piperazine rings is 1. The van der Waals surface area contributed by atoms with Crippen LogP contribution in [0.4, 0.5) is 4.79 Å². The van der Waals surface area contributed by atoms with E-state index in [-0.39, 0.29) is 25.2 Å². The highest BCUT2D eigenvalue weighted by Crippen LogP contribution is 2.29. The van der Waals surface area contributed by atoms with Crippen LogP contribution in [0.5, 0.6) is 0 Å². The Morgan fingerprint density at radius 1 is 1.11 bits per heavy atom. The van der Waals surface area contributed by atoms with E-state index in [1.807, 2.05) is 0 Å². The molecular formula is C20H26N2O6. The van der Waals surface area contributed by atoms with E-state index in [0.29, 0.717) is 0 Å². The van der Waals surface area contributed by atoms with Gasteiger partial charge >= 0.3 is 12.1 Å². The van der Waals surface area contributed by atoms with Gasteiger partial charge in [0, 0.05) is 18.7 Å². The maximum Gasteiger partial charge on any atom is 0.411 e. The molecule has 0 bridgehead atoms. The van der Waals surface area contributed by atoms with Gasteiger partial charge in [-0.05, 0) is 27.7 Å². The summed E-state index contributed by atoms with van der Waals surface area (Å²) in [4.78, 5) is 53.4. The van der Waals surface area contributed by atoms with Crippen LogP contribution in [0.15, 0.2) is 30.3 Å². The Bertz CT molecular complexity index is 771. The molecule has 1 atom stereocenters. The van der Waals surface area contributed by atoms with Crippen LogP contribution in [-0.2, 0) is 19.1 Å². The van der Waals surface area contributed by atoms with Crippen molar-refractivity contribution in [1.82, 2.24) is 9.80 Å². The molecule has 1 saturated heterocycles. The van der Waals surface area contributed by atoms with Gasteiger partial charge in [0.2, 0.25) is 0 Å². The second kappa shape index (κ2) is 8.00. The van der Waals surface area contributed by atoms with E-state index >= 15 is 0 Å². The predicted molar refractivity (Wildman–Crippen MR) is 101 cm³/mol. The fourth-order valence-electron chi connectivity index (χ4n) is 3.02. The number of esters is 1. The number of benzene rings is 1. The minimum atomic E-state index is -1.84. The summed E-state index contributed by atoms with van der Waals surface area (Å²) in [6.45, 7) is 6.34. The summed E-state index contributed by atoms with van der Waals surface area (Å²) in [5, 5.41) is 0. The third kappa shape index (κ3) is 4.32. The molecule has 0 saturated carbocycles. The molecule has 1 aliphatic heterocycles. The average Bonchev–Trinajstić information content (AvgIpc) is 2.64. The number of carbonyl (C=O) groups excluding carboxylic acids is 4. The molecule has 0 N–H and O–H groups in total. The van der Waals surface area contributed by atoms with Crippen molar-refractivity contribution >= 4 is 23.8 Å². The lowest BCUT2D eigenvalue weighted by molar-refractivity contribution is -0.154. The van der Waals surface area contributed by atoms with Crippen LogP contribution in [-0.4, -0.2) is 71.4 Å². The maximum atomic E-state index is 13.3. The molecule has 1 aromatic carbocycles. The van der Waals surface area contributed by atoms with Gasteiger partial charge in [-0.15, -0.1) is 0 Å². The summed E-state index contributed by atoms with van der Waals surface area (Å²) in [6, 6.07) is 8.25. The van der Waals surface area contributed by atoms with Crippen LogP contribution >= 0.6 is 0 Å². The minimum Gasteiger partial charge on any atom is -0.468 e. The molecule has 0 aliphatic carbocycles. The molecule has 8 nitrogen and oxygen atoms in total. The highest BCUT2D eigenvalue weighted by atomic mass is 16.6. The van der Waals surface area contributed by atoms with Gasteiger partial charge in [0.25, 0.3) is 5.91 Å². The zero-order chi connectivity index (χ0) is 21.1. The molecule has 0 spiro atoms. The molecule has 1 aromatic rings. The first-order chi connectivity index (χ1) is 13.0. The lowest BCUT2D eigenvalue weighted by Crippen LogP contribution is -2.70. The molecule has 1 heterocycles. The van der Waals surface area contributed by atoms with Gasteiger partial charge in [0.1, 0.15) is 12.1 Å². The Labute approximate surface area is 164 Å². The van der Waals surface area contributed by atoms with E-state index in [4.69, 9.17) is 4.74 Å². The van der Waals surface area contributed by atoms with Crippen LogP contribution in [0.3, 0.4) is 0 Å². The van der Waals surface area contributed by atoms with Crippen molar-refractivity contribution in [2.45, 2.75) is 38.8 Å². The predicted octanol–water partition coefficient (Wildman–Crippen LogP) is 1.88. The Morgan fingerprint density at radius 3 is 2.25 bits per heavy atom. The first-order valence-electron chi connectivity index (χ1n) is 8.97. The smallest absolute Gasteiger partial charge is 0.411 e. The Hall–Kier alpha value is -2.90. The summed E-state index contributed by atoms with van der Waals surface area (Å²) >= 11 is 0. The zero-order valence-corrected chi connectivity index (χ0v) is 16.9. The van der Waals surface area contributed by atoms with Crippen molar-refractivity contribution in [1.29, 1.82) is 0 Å². The van der Waals surface area contributed by atoms with Gasteiger partial charge in [0.15, 0.2) is 11.3 Å².